The highest BCUT2D eigenvalue weighted by atomic mass is 16.5. The van der Waals surface area contributed by atoms with Crippen LogP contribution < -0.4 is 10.5 Å². The Bertz CT molecular complexity index is 449. The monoisotopic (exact) mass is 253 g/mol. The largest absolute Gasteiger partial charge is 0.507 e. The summed E-state index contributed by atoms with van der Waals surface area (Å²) in [6.07, 6.45) is 0.514. The minimum atomic E-state index is -0.591. The average Bonchev–Trinajstić information content (AvgIpc) is 2.28. The minimum Gasteiger partial charge on any atom is -0.507 e. The Labute approximate surface area is 107 Å². The number of hydrogen-bond donors (Lipinski definition) is 2. The summed E-state index contributed by atoms with van der Waals surface area (Å²) in [5.41, 5.74) is 6.37. The molecule has 0 fully saturated rings. The summed E-state index contributed by atoms with van der Waals surface area (Å²) in [7, 11) is 2.76. The SMILES string of the molecule is COC(=O)c1cc(CC(C)(C)N)c(OC)cc1O. The Morgan fingerprint density at radius 2 is 2.00 bits per heavy atom. The van der Waals surface area contributed by atoms with Gasteiger partial charge in [0.25, 0.3) is 0 Å². The molecule has 0 heterocycles. The molecule has 0 aromatic heterocycles. The second-order valence-corrected chi connectivity index (χ2v) is 4.84. The van der Waals surface area contributed by atoms with E-state index in [1.165, 1.54) is 20.3 Å². The summed E-state index contributed by atoms with van der Waals surface area (Å²) >= 11 is 0. The van der Waals surface area contributed by atoms with Gasteiger partial charge in [0, 0.05) is 11.6 Å². The summed E-state index contributed by atoms with van der Waals surface area (Å²) < 4.78 is 9.78. The number of phenols is 1. The van der Waals surface area contributed by atoms with E-state index >= 15 is 0 Å². The van der Waals surface area contributed by atoms with Crippen molar-refractivity contribution in [2.45, 2.75) is 25.8 Å². The van der Waals surface area contributed by atoms with Crippen LogP contribution in [0.2, 0.25) is 0 Å². The zero-order chi connectivity index (χ0) is 13.9. The molecule has 0 saturated carbocycles. The lowest BCUT2D eigenvalue weighted by molar-refractivity contribution is 0.0597. The lowest BCUT2D eigenvalue weighted by atomic mass is 9.94. The van der Waals surface area contributed by atoms with Crippen LogP contribution in [-0.2, 0) is 11.2 Å². The average molecular weight is 253 g/mol. The fourth-order valence-electron chi connectivity index (χ4n) is 1.71. The smallest absolute Gasteiger partial charge is 0.341 e. The predicted octanol–water partition coefficient (Wildman–Crippen LogP) is 1.47. The van der Waals surface area contributed by atoms with Gasteiger partial charge < -0.3 is 20.3 Å². The maximum Gasteiger partial charge on any atom is 0.341 e. The van der Waals surface area contributed by atoms with E-state index in [-0.39, 0.29) is 11.3 Å². The van der Waals surface area contributed by atoms with Gasteiger partial charge in [0.2, 0.25) is 0 Å². The van der Waals surface area contributed by atoms with E-state index < -0.39 is 11.5 Å². The number of hydrogen-bond acceptors (Lipinski definition) is 5. The van der Waals surface area contributed by atoms with Gasteiger partial charge in [0.15, 0.2) is 0 Å². The molecular formula is C13H19NO4. The number of methoxy groups -OCH3 is 2. The summed E-state index contributed by atoms with van der Waals surface area (Å²) in [6.45, 7) is 3.74. The van der Waals surface area contributed by atoms with Gasteiger partial charge in [0.05, 0.1) is 14.2 Å². The van der Waals surface area contributed by atoms with Gasteiger partial charge in [-0.1, -0.05) is 0 Å². The number of esters is 1. The highest BCUT2D eigenvalue weighted by molar-refractivity contribution is 5.92. The first-order valence-corrected chi connectivity index (χ1v) is 5.55. The number of carbonyl (C=O) groups is 1. The molecule has 0 aliphatic heterocycles. The third-order valence-corrected chi connectivity index (χ3v) is 2.45. The topological polar surface area (TPSA) is 81.8 Å². The lowest BCUT2D eigenvalue weighted by Crippen LogP contribution is -2.34. The zero-order valence-electron chi connectivity index (χ0n) is 11.1. The lowest BCUT2D eigenvalue weighted by Gasteiger charge is -2.20. The van der Waals surface area contributed by atoms with Crippen molar-refractivity contribution in [3.8, 4) is 11.5 Å². The first-order valence-electron chi connectivity index (χ1n) is 5.55. The van der Waals surface area contributed by atoms with Crippen LogP contribution in [-0.4, -0.2) is 30.8 Å². The number of aromatic hydroxyl groups is 1. The normalized spacial score (nSPS) is 11.2. The third kappa shape index (κ3) is 3.37. The molecule has 0 saturated heterocycles. The number of benzene rings is 1. The number of ether oxygens (including phenoxy) is 2. The van der Waals surface area contributed by atoms with Crippen molar-refractivity contribution in [3.63, 3.8) is 0 Å². The molecule has 0 bridgehead atoms. The van der Waals surface area contributed by atoms with Crippen LogP contribution in [0, 0.1) is 0 Å². The van der Waals surface area contributed by atoms with E-state index in [0.29, 0.717) is 12.2 Å². The highest BCUT2D eigenvalue weighted by Gasteiger charge is 2.20. The second-order valence-electron chi connectivity index (χ2n) is 4.84. The van der Waals surface area contributed by atoms with Gasteiger partial charge in [-0.3, -0.25) is 0 Å². The molecule has 0 radical (unpaired) electrons. The predicted molar refractivity (Wildman–Crippen MR) is 68.0 cm³/mol. The van der Waals surface area contributed by atoms with Crippen molar-refractivity contribution >= 4 is 5.97 Å². The van der Waals surface area contributed by atoms with Gasteiger partial charge in [-0.25, -0.2) is 4.79 Å². The maximum absolute atomic E-state index is 11.5. The van der Waals surface area contributed by atoms with Crippen LogP contribution in [0.4, 0.5) is 0 Å². The number of phenolic OH excluding ortho intramolecular Hbond substituents is 1. The molecule has 5 nitrogen and oxygen atoms in total. The standard InChI is InChI=1S/C13H19NO4/c1-13(2,14)7-8-5-9(12(16)18-4)10(15)6-11(8)17-3/h5-6,15H,7,14H2,1-4H3. The van der Waals surface area contributed by atoms with Crippen molar-refractivity contribution in [2.24, 2.45) is 5.73 Å². The number of nitrogens with two attached hydrogens (primary N) is 1. The fourth-order valence-corrected chi connectivity index (χ4v) is 1.71. The molecule has 0 amide bonds. The summed E-state index contributed by atoms with van der Waals surface area (Å²) in [5, 5.41) is 9.73. The molecule has 1 rings (SSSR count). The first kappa shape index (κ1) is 14.3. The van der Waals surface area contributed by atoms with Crippen molar-refractivity contribution in [1.82, 2.24) is 0 Å². The van der Waals surface area contributed by atoms with Gasteiger partial charge in [-0.2, -0.15) is 0 Å². The van der Waals surface area contributed by atoms with Gasteiger partial charge in [-0.15, -0.1) is 0 Å². The van der Waals surface area contributed by atoms with Crippen LogP contribution in [0.15, 0.2) is 12.1 Å². The van der Waals surface area contributed by atoms with Crippen LogP contribution in [0.1, 0.15) is 29.8 Å². The van der Waals surface area contributed by atoms with E-state index in [9.17, 15) is 9.90 Å². The Kier molecular flexibility index (Phi) is 4.19. The van der Waals surface area contributed by atoms with Crippen molar-refractivity contribution in [2.75, 3.05) is 14.2 Å². The Morgan fingerprint density at radius 1 is 1.39 bits per heavy atom. The molecule has 1 aromatic carbocycles. The van der Waals surface area contributed by atoms with Crippen LogP contribution in [0.25, 0.3) is 0 Å². The van der Waals surface area contributed by atoms with Gasteiger partial charge in [0.1, 0.15) is 17.1 Å². The second kappa shape index (κ2) is 5.27. The summed E-state index contributed by atoms with van der Waals surface area (Å²) in [5.74, 6) is -0.262. The van der Waals surface area contributed by atoms with Crippen molar-refractivity contribution in [1.29, 1.82) is 0 Å². The van der Waals surface area contributed by atoms with Crippen molar-refractivity contribution in [3.05, 3.63) is 23.3 Å². The van der Waals surface area contributed by atoms with E-state index in [0.717, 1.165) is 5.56 Å². The Morgan fingerprint density at radius 3 is 2.44 bits per heavy atom. The van der Waals surface area contributed by atoms with E-state index in [2.05, 4.69) is 4.74 Å². The summed E-state index contributed by atoms with van der Waals surface area (Å²) in [4.78, 5) is 11.5. The van der Waals surface area contributed by atoms with Crippen LogP contribution in [0.5, 0.6) is 11.5 Å². The Hall–Kier alpha value is -1.75. The molecule has 0 spiro atoms. The third-order valence-electron chi connectivity index (χ3n) is 2.45. The number of rotatable bonds is 4. The van der Waals surface area contributed by atoms with E-state index in [1.54, 1.807) is 6.07 Å². The molecule has 3 N–H and O–H groups in total. The van der Waals surface area contributed by atoms with E-state index in [1.807, 2.05) is 13.8 Å². The molecular weight excluding hydrogens is 234 g/mol. The fraction of sp³-hybridized carbons (Fsp3) is 0.462. The molecule has 0 aliphatic carbocycles. The maximum atomic E-state index is 11.5. The van der Waals surface area contributed by atoms with Crippen LogP contribution in [0.3, 0.4) is 0 Å². The molecule has 1 aromatic rings. The molecule has 18 heavy (non-hydrogen) atoms. The van der Waals surface area contributed by atoms with E-state index in [4.69, 9.17) is 10.5 Å². The molecule has 0 aliphatic rings. The first-order chi connectivity index (χ1) is 8.28. The highest BCUT2D eigenvalue weighted by Crippen LogP contribution is 2.30. The summed E-state index contributed by atoms with van der Waals surface area (Å²) in [6, 6.07) is 2.95. The number of carbonyl (C=O) groups excluding carboxylic acids is 1. The minimum absolute atomic E-state index is 0.109. The zero-order valence-corrected chi connectivity index (χ0v) is 11.1. The van der Waals surface area contributed by atoms with Crippen LogP contribution >= 0.6 is 0 Å². The molecule has 0 atom stereocenters. The Balaban J connectivity index is 3.26. The molecule has 0 unspecified atom stereocenters. The van der Waals surface area contributed by atoms with Gasteiger partial charge >= 0.3 is 5.97 Å². The molecule has 5 heteroatoms. The quantitative estimate of drug-likeness (QED) is 0.794. The molecule has 100 valence electrons. The van der Waals surface area contributed by atoms with Crippen molar-refractivity contribution < 1.29 is 19.4 Å². The van der Waals surface area contributed by atoms with Gasteiger partial charge in [-0.05, 0) is 31.9 Å².